The summed E-state index contributed by atoms with van der Waals surface area (Å²) in [5.41, 5.74) is -0.0232. The first-order chi connectivity index (χ1) is 10.0. The molecule has 1 aromatic heterocycles. The number of nitrogens with one attached hydrogen (secondary N) is 1. The zero-order valence-electron chi connectivity index (χ0n) is 10.7. The van der Waals surface area contributed by atoms with E-state index in [1.54, 1.807) is 12.1 Å². The highest BCUT2D eigenvalue weighted by Gasteiger charge is 2.09. The van der Waals surface area contributed by atoms with E-state index in [0.717, 1.165) is 4.90 Å². The summed E-state index contributed by atoms with van der Waals surface area (Å²) in [5, 5.41) is 13.3. The highest BCUT2D eigenvalue weighted by atomic mass is 32.2. The quantitative estimate of drug-likeness (QED) is 0.797. The zero-order valence-corrected chi connectivity index (χ0v) is 12.3. The second-order valence-electron chi connectivity index (χ2n) is 3.95. The van der Waals surface area contributed by atoms with Crippen molar-refractivity contribution in [1.29, 1.82) is 0 Å². The molecule has 110 valence electrons. The van der Waals surface area contributed by atoms with Crippen LogP contribution in [-0.2, 0) is 11.3 Å². The molecule has 21 heavy (non-hydrogen) atoms. The smallest absolute Gasteiger partial charge is 0.355 e. The molecule has 1 amide bonds. The fourth-order valence-corrected chi connectivity index (χ4v) is 2.83. The van der Waals surface area contributed by atoms with Crippen LogP contribution in [0.25, 0.3) is 0 Å². The van der Waals surface area contributed by atoms with Gasteiger partial charge in [0.2, 0.25) is 5.91 Å². The standard InChI is InChI=1S/C13H11FN2O3S2/c14-8-1-3-9(4-2-8)20-7-11(17)15-5-12-16-10(6-21-12)13(18)19/h1-4,6H,5,7H2,(H,15,17)(H,18,19). The van der Waals surface area contributed by atoms with Crippen LogP contribution < -0.4 is 5.32 Å². The van der Waals surface area contributed by atoms with Crippen LogP contribution in [0.3, 0.4) is 0 Å². The van der Waals surface area contributed by atoms with Crippen molar-refractivity contribution in [2.45, 2.75) is 11.4 Å². The van der Waals surface area contributed by atoms with Crippen molar-refractivity contribution >= 4 is 35.0 Å². The van der Waals surface area contributed by atoms with Gasteiger partial charge in [-0.05, 0) is 24.3 Å². The Kier molecular flexibility index (Phi) is 5.29. The lowest BCUT2D eigenvalue weighted by atomic mass is 10.4. The van der Waals surface area contributed by atoms with E-state index in [4.69, 9.17) is 5.11 Å². The molecular weight excluding hydrogens is 315 g/mol. The molecule has 0 radical (unpaired) electrons. The van der Waals surface area contributed by atoms with Gasteiger partial charge < -0.3 is 10.4 Å². The molecule has 0 saturated heterocycles. The van der Waals surface area contributed by atoms with Gasteiger partial charge in [-0.25, -0.2) is 14.2 Å². The van der Waals surface area contributed by atoms with Crippen molar-refractivity contribution in [2.24, 2.45) is 0 Å². The van der Waals surface area contributed by atoms with Gasteiger partial charge in [0.15, 0.2) is 5.69 Å². The van der Waals surface area contributed by atoms with Crippen molar-refractivity contribution in [3.8, 4) is 0 Å². The van der Waals surface area contributed by atoms with E-state index in [2.05, 4.69) is 10.3 Å². The van der Waals surface area contributed by atoms with Gasteiger partial charge in [0.05, 0.1) is 12.3 Å². The molecule has 1 aromatic carbocycles. The number of benzene rings is 1. The van der Waals surface area contributed by atoms with Gasteiger partial charge in [0, 0.05) is 10.3 Å². The fraction of sp³-hybridized carbons (Fsp3) is 0.154. The lowest BCUT2D eigenvalue weighted by molar-refractivity contribution is -0.118. The van der Waals surface area contributed by atoms with Crippen LogP contribution in [-0.4, -0.2) is 27.7 Å². The van der Waals surface area contributed by atoms with E-state index in [-0.39, 0.29) is 29.7 Å². The van der Waals surface area contributed by atoms with Gasteiger partial charge in [0.25, 0.3) is 0 Å². The summed E-state index contributed by atoms with van der Waals surface area (Å²) in [7, 11) is 0. The predicted molar refractivity (Wildman–Crippen MR) is 78.0 cm³/mol. The Labute approximate surface area is 128 Å². The third-order valence-corrected chi connectivity index (χ3v) is 4.25. The molecular formula is C13H11FN2O3S2. The van der Waals surface area contributed by atoms with Crippen molar-refractivity contribution < 1.29 is 19.1 Å². The van der Waals surface area contributed by atoms with Gasteiger partial charge in [-0.3, -0.25) is 4.79 Å². The Morgan fingerprint density at radius 1 is 1.33 bits per heavy atom. The van der Waals surface area contributed by atoms with E-state index in [0.29, 0.717) is 5.01 Å². The number of hydrogen-bond donors (Lipinski definition) is 2. The Morgan fingerprint density at radius 3 is 2.67 bits per heavy atom. The van der Waals surface area contributed by atoms with E-state index in [1.165, 1.54) is 40.6 Å². The summed E-state index contributed by atoms with van der Waals surface area (Å²) < 4.78 is 12.7. The SMILES string of the molecule is O=C(CSc1ccc(F)cc1)NCc1nc(C(=O)O)cs1. The Morgan fingerprint density at radius 2 is 2.05 bits per heavy atom. The maximum atomic E-state index is 12.7. The molecule has 0 saturated carbocycles. The van der Waals surface area contributed by atoms with Gasteiger partial charge in [-0.2, -0.15) is 0 Å². The molecule has 0 aliphatic heterocycles. The van der Waals surface area contributed by atoms with Gasteiger partial charge >= 0.3 is 5.97 Å². The number of hydrogen-bond acceptors (Lipinski definition) is 5. The molecule has 0 aliphatic carbocycles. The van der Waals surface area contributed by atoms with E-state index in [1.807, 2.05) is 0 Å². The number of halogens is 1. The average molecular weight is 326 g/mol. The summed E-state index contributed by atoms with van der Waals surface area (Å²) >= 11 is 2.47. The Hall–Kier alpha value is -1.93. The van der Waals surface area contributed by atoms with Crippen molar-refractivity contribution in [3.63, 3.8) is 0 Å². The van der Waals surface area contributed by atoms with Crippen LogP contribution in [0.5, 0.6) is 0 Å². The first-order valence-corrected chi connectivity index (χ1v) is 7.74. The van der Waals surface area contributed by atoms with E-state index in [9.17, 15) is 14.0 Å². The number of carboxylic acids is 1. The number of thiazole rings is 1. The lowest BCUT2D eigenvalue weighted by Crippen LogP contribution is -2.24. The van der Waals surface area contributed by atoms with Gasteiger partial charge in [-0.1, -0.05) is 0 Å². The van der Waals surface area contributed by atoms with Crippen molar-refractivity contribution in [3.05, 3.63) is 46.2 Å². The molecule has 0 bridgehead atoms. The molecule has 2 rings (SSSR count). The van der Waals surface area contributed by atoms with Crippen LogP contribution >= 0.6 is 23.1 Å². The zero-order chi connectivity index (χ0) is 15.2. The minimum atomic E-state index is -1.09. The molecule has 0 spiro atoms. The molecule has 0 aliphatic rings. The number of carbonyl (C=O) groups excluding carboxylic acids is 1. The molecule has 8 heteroatoms. The summed E-state index contributed by atoms with van der Waals surface area (Å²) in [4.78, 5) is 27.0. The minimum Gasteiger partial charge on any atom is -0.476 e. The number of aromatic nitrogens is 1. The molecule has 0 unspecified atom stereocenters. The normalized spacial score (nSPS) is 10.3. The molecule has 0 fully saturated rings. The van der Waals surface area contributed by atoms with Crippen LogP contribution in [0, 0.1) is 5.82 Å². The van der Waals surface area contributed by atoms with Crippen LogP contribution in [0.2, 0.25) is 0 Å². The number of thioether (sulfide) groups is 1. The monoisotopic (exact) mass is 326 g/mol. The first kappa shape index (κ1) is 15.5. The Bertz CT molecular complexity index is 643. The fourth-order valence-electron chi connectivity index (χ4n) is 1.40. The second-order valence-corrected chi connectivity index (χ2v) is 5.94. The van der Waals surface area contributed by atoms with E-state index < -0.39 is 5.97 Å². The number of carbonyl (C=O) groups is 2. The molecule has 0 atom stereocenters. The molecule has 2 N–H and O–H groups in total. The summed E-state index contributed by atoms with van der Waals surface area (Å²) in [6, 6.07) is 5.88. The summed E-state index contributed by atoms with van der Waals surface area (Å²) in [6.07, 6.45) is 0. The maximum absolute atomic E-state index is 12.7. The largest absolute Gasteiger partial charge is 0.476 e. The number of nitrogens with zero attached hydrogens (tertiary/aromatic N) is 1. The third-order valence-electron chi connectivity index (χ3n) is 2.39. The lowest BCUT2D eigenvalue weighted by Gasteiger charge is -2.03. The topological polar surface area (TPSA) is 79.3 Å². The van der Waals surface area contributed by atoms with Crippen LogP contribution in [0.4, 0.5) is 4.39 Å². The number of aromatic carboxylic acids is 1. The van der Waals surface area contributed by atoms with E-state index >= 15 is 0 Å². The van der Waals surface area contributed by atoms with Crippen LogP contribution in [0.15, 0.2) is 34.5 Å². The highest BCUT2D eigenvalue weighted by molar-refractivity contribution is 8.00. The summed E-state index contributed by atoms with van der Waals surface area (Å²) in [5.74, 6) is -1.41. The van der Waals surface area contributed by atoms with Crippen molar-refractivity contribution in [2.75, 3.05) is 5.75 Å². The highest BCUT2D eigenvalue weighted by Crippen LogP contribution is 2.17. The number of amides is 1. The van der Waals surface area contributed by atoms with Gasteiger partial charge in [0.1, 0.15) is 10.8 Å². The number of rotatable bonds is 6. The summed E-state index contributed by atoms with van der Waals surface area (Å²) in [6.45, 7) is 0.195. The molecule has 1 heterocycles. The number of carboxylic acid groups (broad SMARTS) is 1. The van der Waals surface area contributed by atoms with Crippen LogP contribution in [0.1, 0.15) is 15.5 Å². The van der Waals surface area contributed by atoms with Crippen molar-refractivity contribution in [1.82, 2.24) is 10.3 Å². The first-order valence-electron chi connectivity index (χ1n) is 5.87. The molecule has 2 aromatic rings. The second kappa shape index (κ2) is 7.19. The average Bonchev–Trinajstić information content (AvgIpc) is 2.93. The maximum Gasteiger partial charge on any atom is 0.355 e. The van der Waals surface area contributed by atoms with Gasteiger partial charge in [-0.15, -0.1) is 23.1 Å². The predicted octanol–water partition coefficient (Wildman–Crippen LogP) is 2.39. The molecule has 5 nitrogen and oxygen atoms in total. The third kappa shape index (κ3) is 4.83. The Balaban J connectivity index is 1.76. The minimum absolute atomic E-state index is 0.0232.